The van der Waals surface area contributed by atoms with E-state index < -0.39 is 0 Å². The van der Waals surface area contributed by atoms with Crippen molar-refractivity contribution in [3.05, 3.63) is 83.3 Å². The van der Waals surface area contributed by atoms with Crippen LogP contribution in [0.5, 0.6) is 17.2 Å². The second-order valence-electron chi connectivity index (χ2n) is 7.24. The van der Waals surface area contributed by atoms with Gasteiger partial charge in [-0.2, -0.15) is 0 Å². The fourth-order valence-electron chi connectivity index (χ4n) is 3.45. The average molecular weight is 435 g/mol. The summed E-state index contributed by atoms with van der Waals surface area (Å²) in [7, 11) is 1.57. The monoisotopic (exact) mass is 434 g/mol. The number of aromatic nitrogens is 2. The molecule has 6 heteroatoms. The van der Waals surface area contributed by atoms with Crippen LogP contribution >= 0.6 is 11.6 Å². The SMILES string of the molecule is CCCCn1cc(C(=O)c2ccc(OC)cn2)c2cc(Oc3ccc(Cl)cc3)ccc21. The van der Waals surface area contributed by atoms with Gasteiger partial charge in [-0.25, -0.2) is 4.98 Å². The van der Waals surface area contributed by atoms with E-state index in [0.717, 1.165) is 30.3 Å². The Bertz CT molecular complexity index is 1200. The summed E-state index contributed by atoms with van der Waals surface area (Å²) in [5.41, 5.74) is 1.97. The molecule has 0 radical (unpaired) electrons. The van der Waals surface area contributed by atoms with E-state index in [1.165, 1.54) is 0 Å². The van der Waals surface area contributed by atoms with Crippen molar-refractivity contribution in [2.75, 3.05) is 7.11 Å². The van der Waals surface area contributed by atoms with Crippen molar-refractivity contribution in [2.45, 2.75) is 26.3 Å². The van der Waals surface area contributed by atoms with Crippen molar-refractivity contribution in [1.82, 2.24) is 9.55 Å². The molecule has 0 atom stereocenters. The lowest BCUT2D eigenvalue weighted by molar-refractivity contribution is 0.103. The number of ether oxygens (including phenoxy) is 2. The van der Waals surface area contributed by atoms with E-state index in [4.69, 9.17) is 21.1 Å². The molecule has 0 bridgehead atoms. The van der Waals surface area contributed by atoms with Gasteiger partial charge in [-0.05, 0) is 61.0 Å². The minimum absolute atomic E-state index is 0.133. The topological polar surface area (TPSA) is 53.4 Å². The van der Waals surface area contributed by atoms with E-state index in [-0.39, 0.29) is 5.78 Å². The van der Waals surface area contributed by atoms with Crippen molar-refractivity contribution in [1.29, 1.82) is 0 Å². The second-order valence-corrected chi connectivity index (χ2v) is 7.67. The number of hydrogen-bond acceptors (Lipinski definition) is 4. The molecule has 0 aliphatic rings. The van der Waals surface area contributed by atoms with E-state index in [0.29, 0.717) is 33.5 Å². The van der Waals surface area contributed by atoms with Gasteiger partial charge in [0.2, 0.25) is 5.78 Å². The van der Waals surface area contributed by atoms with Gasteiger partial charge in [0.1, 0.15) is 22.9 Å². The van der Waals surface area contributed by atoms with E-state index >= 15 is 0 Å². The van der Waals surface area contributed by atoms with Gasteiger partial charge in [-0.1, -0.05) is 24.9 Å². The van der Waals surface area contributed by atoms with E-state index in [9.17, 15) is 4.79 Å². The molecule has 2 heterocycles. The summed E-state index contributed by atoms with van der Waals surface area (Å²) in [6.45, 7) is 2.99. The van der Waals surface area contributed by atoms with Crippen molar-refractivity contribution in [3.63, 3.8) is 0 Å². The molecule has 31 heavy (non-hydrogen) atoms. The van der Waals surface area contributed by atoms with Crippen LogP contribution in [0.1, 0.15) is 35.8 Å². The number of hydrogen-bond donors (Lipinski definition) is 0. The Balaban J connectivity index is 1.74. The molecule has 0 fully saturated rings. The number of carbonyl (C=O) groups excluding carboxylic acids is 1. The van der Waals surface area contributed by atoms with E-state index in [2.05, 4.69) is 16.5 Å². The number of aryl methyl sites for hydroxylation is 1. The van der Waals surface area contributed by atoms with Crippen LogP contribution in [0, 0.1) is 0 Å². The first-order valence-electron chi connectivity index (χ1n) is 10.2. The van der Waals surface area contributed by atoms with Gasteiger partial charge in [0.25, 0.3) is 0 Å². The summed E-state index contributed by atoms with van der Waals surface area (Å²) in [6.07, 6.45) is 5.57. The molecule has 2 aromatic heterocycles. The Labute approximate surface area is 186 Å². The Hall–Kier alpha value is -3.31. The fourth-order valence-corrected chi connectivity index (χ4v) is 3.57. The highest BCUT2D eigenvalue weighted by atomic mass is 35.5. The standard InChI is InChI=1S/C25H23ClN2O3/c1-3-4-13-28-16-22(25(29)23-11-9-20(30-2)15-27-23)21-14-19(10-12-24(21)28)31-18-7-5-17(26)6-8-18/h5-12,14-16H,3-4,13H2,1-2H3. The summed E-state index contributed by atoms with van der Waals surface area (Å²) < 4.78 is 13.3. The van der Waals surface area contributed by atoms with Crippen molar-refractivity contribution >= 4 is 28.3 Å². The molecule has 0 aliphatic heterocycles. The Morgan fingerprint density at radius 3 is 2.45 bits per heavy atom. The minimum atomic E-state index is -0.133. The maximum absolute atomic E-state index is 13.3. The third-order valence-corrected chi connectivity index (χ3v) is 5.36. The molecule has 158 valence electrons. The number of carbonyl (C=O) groups is 1. The number of methoxy groups -OCH3 is 1. The summed E-state index contributed by atoms with van der Waals surface area (Å²) in [5, 5.41) is 1.49. The zero-order chi connectivity index (χ0) is 21.8. The van der Waals surface area contributed by atoms with Crippen LogP contribution in [-0.4, -0.2) is 22.4 Å². The van der Waals surface area contributed by atoms with Gasteiger partial charge in [-0.3, -0.25) is 4.79 Å². The summed E-state index contributed by atoms with van der Waals surface area (Å²) in [4.78, 5) is 17.6. The number of fused-ring (bicyclic) bond motifs is 1. The molecular formula is C25H23ClN2O3. The zero-order valence-corrected chi connectivity index (χ0v) is 18.2. The lowest BCUT2D eigenvalue weighted by Gasteiger charge is -2.08. The second kappa shape index (κ2) is 9.23. The highest BCUT2D eigenvalue weighted by molar-refractivity contribution is 6.30. The number of ketones is 1. The highest BCUT2D eigenvalue weighted by Crippen LogP contribution is 2.31. The van der Waals surface area contributed by atoms with Crippen molar-refractivity contribution < 1.29 is 14.3 Å². The minimum Gasteiger partial charge on any atom is -0.495 e. The van der Waals surface area contributed by atoms with Crippen LogP contribution in [0.15, 0.2) is 67.0 Å². The molecule has 0 unspecified atom stereocenters. The molecular weight excluding hydrogens is 412 g/mol. The third kappa shape index (κ3) is 4.57. The molecule has 2 aromatic carbocycles. The predicted molar refractivity (Wildman–Crippen MR) is 123 cm³/mol. The Morgan fingerprint density at radius 2 is 1.77 bits per heavy atom. The summed E-state index contributed by atoms with van der Waals surface area (Å²) in [6, 6.07) is 16.4. The Morgan fingerprint density at radius 1 is 1.03 bits per heavy atom. The third-order valence-electron chi connectivity index (χ3n) is 5.10. The van der Waals surface area contributed by atoms with Gasteiger partial charge in [0.05, 0.1) is 13.3 Å². The molecule has 0 aliphatic carbocycles. The van der Waals surface area contributed by atoms with Crippen LogP contribution in [0.3, 0.4) is 0 Å². The molecule has 0 N–H and O–H groups in total. The first-order chi connectivity index (χ1) is 15.1. The van der Waals surface area contributed by atoms with E-state index in [1.54, 1.807) is 37.6 Å². The van der Waals surface area contributed by atoms with Gasteiger partial charge in [0, 0.05) is 34.2 Å². The number of halogens is 1. The normalized spacial score (nSPS) is 10.9. The quantitative estimate of drug-likeness (QED) is 0.296. The number of pyridine rings is 1. The zero-order valence-electron chi connectivity index (χ0n) is 17.5. The van der Waals surface area contributed by atoms with Crippen molar-refractivity contribution in [2.24, 2.45) is 0 Å². The number of rotatable bonds is 8. The van der Waals surface area contributed by atoms with Crippen LogP contribution in [0.2, 0.25) is 5.02 Å². The average Bonchev–Trinajstić information content (AvgIpc) is 3.16. The molecule has 0 saturated heterocycles. The highest BCUT2D eigenvalue weighted by Gasteiger charge is 2.19. The molecule has 5 nitrogen and oxygen atoms in total. The maximum Gasteiger partial charge on any atom is 0.213 e. The molecule has 4 rings (SSSR count). The molecule has 4 aromatic rings. The molecule has 0 amide bonds. The smallest absolute Gasteiger partial charge is 0.213 e. The summed E-state index contributed by atoms with van der Waals surface area (Å²) >= 11 is 5.96. The van der Waals surface area contributed by atoms with Crippen LogP contribution < -0.4 is 9.47 Å². The molecule has 0 spiro atoms. The van der Waals surface area contributed by atoms with Gasteiger partial charge >= 0.3 is 0 Å². The van der Waals surface area contributed by atoms with Gasteiger partial charge in [0.15, 0.2) is 0 Å². The van der Waals surface area contributed by atoms with E-state index in [1.807, 2.05) is 36.5 Å². The summed E-state index contributed by atoms with van der Waals surface area (Å²) in [5.74, 6) is 1.81. The number of benzene rings is 2. The van der Waals surface area contributed by atoms with Crippen molar-refractivity contribution in [3.8, 4) is 17.2 Å². The lowest BCUT2D eigenvalue weighted by Crippen LogP contribution is -2.03. The van der Waals surface area contributed by atoms with Crippen LogP contribution in [-0.2, 0) is 6.54 Å². The number of nitrogens with zero attached hydrogens (tertiary/aromatic N) is 2. The van der Waals surface area contributed by atoms with Crippen LogP contribution in [0.4, 0.5) is 0 Å². The largest absolute Gasteiger partial charge is 0.495 e. The predicted octanol–water partition coefficient (Wildman–Crippen LogP) is 6.52. The maximum atomic E-state index is 13.3. The lowest BCUT2D eigenvalue weighted by atomic mass is 10.1. The Kier molecular flexibility index (Phi) is 6.23. The number of unbranched alkanes of at least 4 members (excludes halogenated alkanes) is 1. The fraction of sp³-hybridized carbons (Fsp3) is 0.200. The molecule has 0 saturated carbocycles. The first kappa shape index (κ1) is 20.9. The van der Waals surface area contributed by atoms with Crippen LogP contribution in [0.25, 0.3) is 10.9 Å². The van der Waals surface area contributed by atoms with Gasteiger partial charge < -0.3 is 14.0 Å². The van der Waals surface area contributed by atoms with Gasteiger partial charge in [-0.15, -0.1) is 0 Å². The first-order valence-corrected chi connectivity index (χ1v) is 10.6.